The number of benzene rings is 1. The van der Waals surface area contributed by atoms with E-state index in [1.54, 1.807) is 6.07 Å². The van der Waals surface area contributed by atoms with Gasteiger partial charge in [-0.1, -0.05) is 25.1 Å². The van der Waals surface area contributed by atoms with Crippen molar-refractivity contribution >= 4 is 17.8 Å². The lowest BCUT2D eigenvalue weighted by Gasteiger charge is -2.24. The average molecular weight is 347 g/mol. The van der Waals surface area contributed by atoms with Gasteiger partial charge in [0.25, 0.3) is 0 Å². The number of amides is 1. The molecule has 1 rings (SSSR count). The molecule has 0 aromatic heterocycles. The van der Waals surface area contributed by atoms with E-state index in [1.807, 2.05) is 5.32 Å². The van der Waals surface area contributed by atoms with Gasteiger partial charge in [0.05, 0.1) is 5.92 Å². The lowest BCUT2D eigenvalue weighted by atomic mass is 9.92. The van der Waals surface area contributed by atoms with E-state index in [0.29, 0.717) is 0 Å². The maximum Gasteiger partial charge on any atom is 0.402 e. The number of hydrogen-bond donors (Lipinski definition) is 2. The van der Waals surface area contributed by atoms with Crippen LogP contribution in [0.5, 0.6) is 5.75 Å². The number of aliphatic carboxylic acids is 1. The SMILES string of the molecule is CC(C(=O)N[C@@H](C)C(=O)O)C(C(=O)Oc1ccccc1)C(F)(F)F. The smallest absolute Gasteiger partial charge is 0.402 e. The van der Waals surface area contributed by atoms with Crippen LogP contribution < -0.4 is 10.1 Å². The second kappa shape index (κ2) is 7.80. The Morgan fingerprint density at radius 3 is 2.12 bits per heavy atom. The van der Waals surface area contributed by atoms with E-state index in [-0.39, 0.29) is 5.75 Å². The van der Waals surface area contributed by atoms with E-state index in [4.69, 9.17) is 5.11 Å². The molecule has 0 spiro atoms. The summed E-state index contributed by atoms with van der Waals surface area (Å²) in [4.78, 5) is 34.4. The van der Waals surface area contributed by atoms with Crippen molar-refractivity contribution in [3.8, 4) is 5.75 Å². The van der Waals surface area contributed by atoms with Gasteiger partial charge in [-0.05, 0) is 19.1 Å². The molecule has 1 aromatic rings. The zero-order chi connectivity index (χ0) is 18.5. The molecular weight excluding hydrogens is 331 g/mol. The normalized spacial score (nSPS) is 15.0. The highest BCUT2D eigenvalue weighted by Gasteiger charge is 2.51. The number of alkyl halides is 3. The van der Waals surface area contributed by atoms with Crippen molar-refractivity contribution in [1.82, 2.24) is 5.32 Å². The van der Waals surface area contributed by atoms with Crippen molar-refractivity contribution < 1.29 is 37.4 Å². The van der Waals surface area contributed by atoms with E-state index < -0.39 is 41.9 Å². The molecule has 0 fully saturated rings. The predicted molar refractivity (Wildman–Crippen MR) is 76.0 cm³/mol. The zero-order valence-corrected chi connectivity index (χ0v) is 12.8. The van der Waals surface area contributed by atoms with Crippen LogP contribution in [0.2, 0.25) is 0 Å². The van der Waals surface area contributed by atoms with Crippen LogP contribution >= 0.6 is 0 Å². The molecule has 1 aromatic carbocycles. The van der Waals surface area contributed by atoms with Crippen molar-refractivity contribution in [1.29, 1.82) is 0 Å². The van der Waals surface area contributed by atoms with Crippen LogP contribution in [-0.2, 0) is 14.4 Å². The fourth-order valence-electron chi connectivity index (χ4n) is 1.85. The van der Waals surface area contributed by atoms with Crippen molar-refractivity contribution in [2.45, 2.75) is 26.1 Å². The molecule has 132 valence electrons. The summed E-state index contributed by atoms with van der Waals surface area (Å²) < 4.78 is 44.2. The minimum absolute atomic E-state index is 0.0942. The number of carboxylic acid groups (broad SMARTS) is 1. The van der Waals surface area contributed by atoms with Gasteiger partial charge in [-0.2, -0.15) is 13.2 Å². The predicted octanol–water partition coefficient (Wildman–Crippen LogP) is 2.00. The van der Waals surface area contributed by atoms with Gasteiger partial charge in [0.15, 0.2) is 5.92 Å². The van der Waals surface area contributed by atoms with Gasteiger partial charge in [0.2, 0.25) is 5.91 Å². The van der Waals surface area contributed by atoms with E-state index in [9.17, 15) is 27.6 Å². The topological polar surface area (TPSA) is 92.7 Å². The lowest BCUT2D eigenvalue weighted by Crippen LogP contribution is -2.48. The van der Waals surface area contributed by atoms with Gasteiger partial charge in [-0.25, -0.2) is 0 Å². The molecular formula is C15H16F3NO5. The summed E-state index contributed by atoms with van der Waals surface area (Å²) in [6.07, 6.45) is -5.03. The largest absolute Gasteiger partial charge is 0.480 e. The molecule has 0 radical (unpaired) electrons. The number of halogens is 3. The molecule has 6 nitrogen and oxygen atoms in total. The number of nitrogens with one attached hydrogen (secondary N) is 1. The molecule has 0 saturated carbocycles. The summed E-state index contributed by atoms with van der Waals surface area (Å²) >= 11 is 0. The second-order valence-electron chi connectivity index (χ2n) is 5.11. The summed E-state index contributed by atoms with van der Waals surface area (Å²) in [7, 11) is 0. The third-order valence-corrected chi connectivity index (χ3v) is 3.21. The zero-order valence-electron chi connectivity index (χ0n) is 12.8. The Labute approximate surface area is 135 Å². The average Bonchev–Trinajstić information content (AvgIpc) is 2.46. The van der Waals surface area contributed by atoms with Gasteiger partial charge >= 0.3 is 18.1 Å². The highest BCUT2D eigenvalue weighted by molar-refractivity contribution is 5.89. The molecule has 0 aliphatic carbocycles. The molecule has 0 aliphatic rings. The monoisotopic (exact) mass is 347 g/mol. The number of para-hydroxylation sites is 1. The highest BCUT2D eigenvalue weighted by Crippen LogP contribution is 2.33. The third kappa shape index (κ3) is 5.25. The first-order valence-corrected chi connectivity index (χ1v) is 6.90. The molecule has 24 heavy (non-hydrogen) atoms. The Morgan fingerprint density at radius 2 is 1.67 bits per heavy atom. The van der Waals surface area contributed by atoms with Gasteiger partial charge in [-0.15, -0.1) is 0 Å². The fourth-order valence-corrected chi connectivity index (χ4v) is 1.85. The quantitative estimate of drug-likeness (QED) is 0.606. The van der Waals surface area contributed by atoms with E-state index in [2.05, 4.69) is 4.74 Å². The Kier molecular flexibility index (Phi) is 6.33. The number of carboxylic acids is 1. The Bertz CT molecular complexity index is 603. The van der Waals surface area contributed by atoms with Crippen molar-refractivity contribution in [3.63, 3.8) is 0 Å². The third-order valence-electron chi connectivity index (χ3n) is 3.21. The number of carbonyl (C=O) groups is 3. The summed E-state index contributed by atoms with van der Waals surface area (Å²) in [6, 6.07) is 5.72. The molecule has 2 unspecified atom stereocenters. The molecule has 9 heteroatoms. The van der Waals surface area contributed by atoms with E-state index in [1.165, 1.54) is 24.3 Å². The second-order valence-corrected chi connectivity index (χ2v) is 5.11. The lowest BCUT2D eigenvalue weighted by molar-refractivity contribution is -0.202. The Morgan fingerprint density at radius 1 is 1.12 bits per heavy atom. The minimum Gasteiger partial charge on any atom is -0.480 e. The van der Waals surface area contributed by atoms with Crippen LogP contribution in [0.1, 0.15) is 13.8 Å². The van der Waals surface area contributed by atoms with Gasteiger partial charge in [0.1, 0.15) is 11.8 Å². The minimum atomic E-state index is -5.03. The van der Waals surface area contributed by atoms with Crippen LogP contribution in [0.4, 0.5) is 13.2 Å². The van der Waals surface area contributed by atoms with Crippen LogP contribution in [0, 0.1) is 11.8 Å². The first kappa shape index (κ1) is 19.5. The van der Waals surface area contributed by atoms with Crippen LogP contribution in [0.3, 0.4) is 0 Å². The first-order valence-electron chi connectivity index (χ1n) is 6.90. The summed E-state index contributed by atoms with van der Waals surface area (Å²) in [5.41, 5.74) is 0. The van der Waals surface area contributed by atoms with Crippen molar-refractivity contribution in [2.24, 2.45) is 11.8 Å². The number of hydrogen-bond acceptors (Lipinski definition) is 4. The molecule has 2 N–H and O–H groups in total. The van der Waals surface area contributed by atoms with Crippen molar-refractivity contribution in [2.75, 3.05) is 0 Å². The summed E-state index contributed by atoms with van der Waals surface area (Å²) in [5.74, 6) is -8.94. The van der Waals surface area contributed by atoms with E-state index in [0.717, 1.165) is 13.8 Å². The van der Waals surface area contributed by atoms with Gasteiger partial charge < -0.3 is 15.2 Å². The summed E-state index contributed by atoms with van der Waals surface area (Å²) in [6.45, 7) is 1.98. The molecule has 3 atom stereocenters. The number of rotatable bonds is 6. The Hall–Kier alpha value is -2.58. The van der Waals surface area contributed by atoms with Crippen molar-refractivity contribution in [3.05, 3.63) is 30.3 Å². The van der Waals surface area contributed by atoms with Gasteiger partial charge in [0, 0.05) is 0 Å². The first-order chi connectivity index (χ1) is 11.0. The number of carbonyl (C=O) groups excluding carboxylic acids is 2. The molecule has 0 bridgehead atoms. The molecule has 0 heterocycles. The Balaban J connectivity index is 2.94. The highest BCUT2D eigenvalue weighted by atomic mass is 19.4. The van der Waals surface area contributed by atoms with Gasteiger partial charge in [-0.3, -0.25) is 14.4 Å². The van der Waals surface area contributed by atoms with Crippen LogP contribution in [0.15, 0.2) is 30.3 Å². The fraction of sp³-hybridized carbons (Fsp3) is 0.400. The molecule has 0 saturated heterocycles. The molecule has 0 aliphatic heterocycles. The maximum absolute atomic E-state index is 13.2. The molecule has 1 amide bonds. The number of ether oxygens (including phenoxy) is 1. The standard InChI is InChI=1S/C15H16F3NO5/c1-8(12(20)19-9(2)13(21)22)11(15(16,17)18)14(23)24-10-6-4-3-5-7-10/h3-9,11H,1-2H3,(H,19,20)(H,21,22)/t8?,9-,11?/m0/s1. The number of esters is 1. The van der Waals surface area contributed by atoms with Crippen LogP contribution in [-0.4, -0.2) is 35.2 Å². The van der Waals surface area contributed by atoms with E-state index >= 15 is 0 Å². The maximum atomic E-state index is 13.2. The van der Waals surface area contributed by atoms with Crippen LogP contribution in [0.25, 0.3) is 0 Å². The summed E-state index contributed by atoms with van der Waals surface area (Å²) in [5, 5.41) is 10.6.